The van der Waals surface area contributed by atoms with Crippen LogP contribution in [0.3, 0.4) is 0 Å². The summed E-state index contributed by atoms with van der Waals surface area (Å²) in [6.07, 6.45) is 4.79. The highest BCUT2D eigenvalue weighted by Crippen LogP contribution is 2.20. The van der Waals surface area contributed by atoms with Crippen molar-refractivity contribution in [1.29, 1.82) is 0 Å². The van der Waals surface area contributed by atoms with E-state index in [0.29, 0.717) is 24.5 Å². The number of unbranched alkanes of at least 4 members (excludes halogenated alkanes) is 1. The van der Waals surface area contributed by atoms with Gasteiger partial charge in [-0.1, -0.05) is 39.3 Å². The van der Waals surface area contributed by atoms with Crippen molar-refractivity contribution in [1.82, 2.24) is 8.87 Å². The molecule has 1 N–H and O–H groups in total. The molecule has 0 fully saturated rings. The van der Waals surface area contributed by atoms with Crippen LogP contribution >= 0.6 is 0 Å². The predicted molar refractivity (Wildman–Crippen MR) is 109 cm³/mol. The van der Waals surface area contributed by atoms with Crippen LogP contribution in [0.2, 0.25) is 0 Å². The molecule has 148 valence electrons. The minimum absolute atomic E-state index is 0.133. The number of carbonyl (C=O) groups excluding carboxylic acids is 1. The zero-order chi connectivity index (χ0) is 20.0. The van der Waals surface area contributed by atoms with Gasteiger partial charge in [0.05, 0.1) is 0 Å². The first-order chi connectivity index (χ1) is 12.8. The van der Waals surface area contributed by atoms with Crippen molar-refractivity contribution in [3.8, 4) is 0 Å². The summed E-state index contributed by atoms with van der Waals surface area (Å²) in [5.74, 6) is -0.334. The highest BCUT2D eigenvalue weighted by atomic mass is 32.2. The lowest BCUT2D eigenvalue weighted by molar-refractivity contribution is 0.101. The van der Waals surface area contributed by atoms with E-state index in [4.69, 9.17) is 0 Å². The van der Waals surface area contributed by atoms with Gasteiger partial charge in [-0.3, -0.25) is 4.79 Å². The van der Waals surface area contributed by atoms with Crippen molar-refractivity contribution >= 4 is 21.6 Å². The molecular weight excluding hydrogens is 362 g/mol. The quantitative estimate of drug-likeness (QED) is 0.709. The number of aromatic nitrogens is 1. The molecule has 0 aliphatic carbocycles. The Morgan fingerprint density at radius 3 is 2.30 bits per heavy atom. The number of hydrogen-bond acceptors (Lipinski definition) is 3. The minimum atomic E-state index is -3.59. The Balaban J connectivity index is 2.17. The first-order valence-corrected chi connectivity index (χ1v) is 10.8. The van der Waals surface area contributed by atoms with Gasteiger partial charge >= 0.3 is 0 Å². The van der Waals surface area contributed by atoms with Crippen LogP contribution in [0, 0.1) is 0 Å². The first kappa shape index (κ1) is 21.2. The Hall–Kier alpha value is -2.12. The van der Waals surface area contributed by atoms with Crippen LogP contribution < -0.4 is 5.32 Å². The summed E-state index contributed by atoms with van der Waals surface area (Å²) >= 11 is 0. The van der Waals surface area contributed by atoms with E-state index in [1.165, 1.54) is 22.1 Å². The Morgan fingerprint density at radius 1 is 1.11 bits per heavy atom. The van der Waals surface area contributed by atoms with Crippen LogP contribution in [0.25, 0.3) is 0 Å². The van der Waals surface area contributed by atoms with Crippen molar-refractivity contribution < 1.29 is 13.2 Å². The van der Waals surface area contributed by atoms with Crippen LogP contribution in [-0.4, -0.2) is 36.3 Å². The molecule has 6 nitrogen and oxygen atoms in total. The molecule has 0 saturated heterocycles. The predicted octanol–water partition coefficient (Wildman–Crippen LogP) is 3.65. The number of aryl methyl sites for hydroxylation is 2. The van der Waals surface area contributed by atoms with E-state index in [2.05, 4.69) is 12.2 Å². The number of anilines is 1. The third-order valence-electron chi connectivity index (χ3n) is 4.59. The highest BCUT2D eigenvalue weighted by molar-refractivity contribution is 7.89. The van der Waals surface area contributed by atoms with E-state index in [1.807, 2.05) is 24.3 Å². The molecule has 2 rings (SSSR count). The van der Waals surface area contributed by atoms with E-state index >= 15 is 0 Å². The third kappa shape index (κ3) is 4.99. The van der Waals surface area contributed by atoms with Crippen LogP contribution in [0.5, 0.6) is 0 Å². The highest BCUT2D eigenvalue weighted by Gasteiger charge is 2.25. The number of carbonyl (C=O) groups is 1. The molecule has 0 unspecified atom stereocenters. The third-order valence-corrected chi connectivity index (χ3v) is 6.60. The Labute approximate surface area is 162 Å². The molecule has 7 heteroatoms. The van der Waals surface area contributed by atoms with E-state index in [1.54, 1.807) is 25.5 Å². The first-order valence-electron chi connectivity index (χ1n) is 9.40. The second-order valence-corrected chi connectivity index (χ2v) is 8.45. The number of nitrogens with zero attached hydrogens (tertiary/aromatic N) is 2. The molecule has 0 aliphatic rings. The number of rotatable bonds is 9. The molecule has 0 bridgehead atoms. The van der Waals surface area contributed by atoms with Gasteiger partial charge in [0.2, 0.25) is 10.0 Å². The smallest absolute Gasteiger partial charge is 0.272 e. The second-order valence-electron chi connectivity index (χ2n) is 6.52. The van der Waals surface area contributed by atoms with Crippen molar-refractivity contribution in [2.45, 2.75) is 44.9 Å². The summed E-state index contributed by atoms with van der Waals surface area (Å²) < 4.78 is 28.2. The summed E-state index contributed by atoms with van der Waals surface area (Å²) in [5.41, 5.74) is 2.23. The Morgan fingerprint density at radius 2 is 1.74 bits per heavy atom. The molecule has 1 aromatic heterocycles. The van der Waals surface area contributed by atoms with Gasteiger partial charge in [0, 0.05) is 32.0 Å². The lowest BCUT2D eigenvalue weighted by atomic mass is 10.1. The van der Waals surface area contributed by atoms with Crippen LogP contribution in [0.15, 0.2) is 41.4 Å². The summed E-state index contributed by atoms with van der Waals surface area (Å²) in [4.78, 5) is 12.7. The molecule has 0 saturated carbocycles. The molecule has 1 amide bonds. The largest absolute Gasteiger partial charge is 0.345 e. The molecule has 0 atom stereocenters. The number of amides is 1. The van der Waals surface area contributed by atoms with Gasteiger partial charge in [0.1, 0.15) is 10.6 Å². The molecular formula is C20H29N3O3S. The number of sulfonamides is 1. The molecule has 27 heavy (non-hydrogen) atoms. The zero-order valence-electron chi connectivity index (χ0n) is 16.5. The second kappa shape index (κ2) is 9.19. The van der Waals surface area contributed by atoms with Crippen LogP contribution in [0.1, 0.15) is 49.7 Å². The maximum absolute atomic E-state index is 12.6. The van der Waals surface area contributed by atoms with E-state index < -0.39 is 10.0 Å². The van der Waals surface area contributed by atoms with Gasteiger partial charge < -0.3 is 9.88 Å². The van der Waals surface area contributed by atoms with Gasteiger partial charge in [0.15, 0.2) is 0 Å². The fraction of sp³-hybridized carbons (Fsp3) is 0.450. The summed E-state index contributed by atoms with van der Waals surface area (Å²) in [6, 6.07) is 9.19. The summed E-state index contributed by atoms with van der Waals surface area (Å²) in [6.45, 7) is 6.52. The monoisotopic (exact) mass is 391 g/mol. The molecule has 0 aliphatic heterocycles. The van der Waals surface area contributed by atoms with Crippen molar-refractivity contribution in [3.63, 3.8) is 0 Å². The Bertz CT molecular complexity index is 866. The molecule has 1 aromatic carbocycles. The number of nitrogens with one attached hydrogen (secondary N) is 1. The van der Waals surface area contributed by atoms with Gasteiger partial charge in [0.25, 0.3) is 5.91 Å². The van der Waals surface area contributed by atoms with Gasteiger partial charge in [-0.15, -0.1) is 0 Å². The van der Waals surface area contributed by atoms with Gasteiger partial charge in [-0.2, -0.15) is 4.31 Å². The normalized spacial score (nSPS) is 11.7. The van der Waals surface area contributed by atoms with E-state index in [9.17, 15) is 13.2 Å². The van der Waals surface area contributed by atoms with E-state index in [0.717, 1.165) is 19.3 Å². The fourth-order valence-corrected chi connectivity index (χ4v) is 4.47. The fourth-order valence-electron chi connectivity index (χ4n) is 2.94. The lowest BCUT2D eigenvalue weighted by Crippen LogP contribution is -2.30. The van der Waals surface area contributed by atoms with Crippen molar-refractivity contribution in [2.75, 3.05) is 18.4 Å². The zero-order valence-corrected chi connectivity index (χ0v) is 17.3. The van der Waals surface area contributed by atoms with Crippen LogP contribution in [0.4, 0.5) is 5.69 Å². The lowest BCUT2D eigenvalue weighted by Gasteiger charge is -2.17. The number of benzene rings is 1. The average molecular weight is 392 g/mol. The molecule has 2 aromatic rings. The summed E-state index contributed by atoms with van der Waals surface area (Å²) in [5, 5.41) is 2.84. The molecule has 1 heterocycles. The summed E-state index contributed by atoms with van der Waals surface area (Å²) in [7, 11) is -1.92. The van der Waals surface area contributed by atoms with E-state index in [-0.39, 0.29) is 10.8 Å². The minimum Gasteiger partial charge on any atom is -0.345 e. The maximum atomic E-state index is 12.6. The van der Waals surface area contributed by atoms with Crippen molar-refractivity contribution in [3.05, 3.63) is 47.8 Å². The molecule has 0 radical (unpaired) electrons. The van der Waals surface area contributed by atoms with Crippen LogP contribution in [-0.2, 0) is 23.5 Å². The average Bonchev–Trinajstić information content (AvgIpc) is 3.04. The standard InChI is InChI=1S/C20H29N3O3S/c1-5-8-9-16-10-12-17(13-11-16)21-20(24)19-14-18(15-22(19)4)27(25,26)23(6-2)7-3/h10-15H,5-9H2,1-4H3,(H,21,24). The van der Waals surface area contributed by atoms with Gasteiger partial charge in [-0.25, -0.2) is 8.42 Å². The number of hydrogen-bond donors (Lipinski definition) is 1. The Kier molecular flexibility index (Phi) is 7.21. The van der Waals surface area contributed by atoms with Gasteiger partial charge in [-0.05, 0) is 36.6 Å². The van der Waals surface area contributed by atoms with Crippen molar-refractivity contribution in [2.24, 2.45) is 7.05 Å². The topological polar surface area (TPSA) is 71.4 Å². The SMILES string of the molecule is CCCCc1ccc(NC(=O)c2cc(S(=O)(=O)N(CC)CC)cn2C)cc1. The maximum Gasteiger partial charge on any atom is 0.272 e. The molecule has 0 spiro atoms.